The molecule has 0 fully saturated rings. The van der Waals surface area contributed by atoms with Crippen LogP contribution in [0.1, 0.15) is 25.0 Å². The topological polar surface area (TPSA) is 86.8 Å². The lowest BCUT2D eigenvalue weighted by molar-refractivity contribution is 0.221. The highest BCUT2D eigenvalue weighted by atomic mass is 32.1. The zero-order chi connectivity index (χ0) is 18.2. The maximum Gasteiger partial charge on any atom is 0.323 e. The fourth-order valence-electron chi connectivity index (χ4n) is 2.60. The van der Waals surface area contributed by atoms with Crippen LogP contribution >= 0.6 is 11.3 Å². The van der Waals surface area contributed by atoms with Crippen molar-refractivity contribution in [2.75, 3.05) is 18.9 Å². The molecule has 0 saturated heterocycles. The number of hydrogen-bond acceptors (Lipinski definition) is 5. The summed E-state index contributed by atoms with van der Waals surface area (Å²) in [5.41, 5.74) is 4.84. The zero-order valence-corrected chi connectivity index (χ0v) is 15.5. The molecule has 1 aromatic carbocycles. The van der Waals surface area contributed by atoms with E-state index in [0.29, 0.717) is 11.7 Å². The number of anilines is 1. The number of benzene rings is 1. The van der Waals surface area contributed by atoms with E-state index in [-0.39, 0.29) is 6.03 Å². The summed E-state index contributed by atoms with van der Waals surface area (Å²) in [6.07, 6.45) is 4.03. The highest BCUT2D eigenvalue weighted by Crippen LogP contribution is 2.18. The minimum atomic E-state index is -0.150. The fourth-order valence-corrected chi connectivity index (χ4v) is 3.04. The van der Waals surface area contributed by atoms with E-state index in [0.717, 1.165) is 42.6 Å². The number of aryl methyl sites for hydroxylation is 1. The van der Waals surface area contributed by atoms with E-state index in [4.69, 9.17) is 0 Å². The Bertz CT molecular complexity index is 802. The third-order valence-electron chi connectivity index (χ3n) is 4.06. The van der Waals surface area contributed by atoms with Gasteiger partial charge in [0.15, 0.2) is 0 Å². The molecular weight excluding hydrogens is 348 g/mol. The second-order valence-electron chi connectivity index (χ2n) is 6.05. The van der Waals surface area contributed by atoms with Crippen LogP contribution in [0.15, 0.2) is 41.9 Å². The summed E-state index contributed by atoms with van der Waals surface area (Å²) < 4.78 is 0. The molecule has 0 radical (unpaired) electrons. The number of amides is 2. The van der Waals surface area contributed by atoms with E-state index in [2.05, 4.69) is 43.9 Å². The van der Waals surface area contributed by atoms with Crippen LogP contribution in [0.25, 0.3) is 11.3 Å². The Hall–Kier alpha value is -2.74. The van der Waals surface area contributed by atoms with Gasteiger partial charge in [0.2, 0.25) is 5.13 Å². The first-order valence-corrected chi connectivity index (χ1v) is 9.48. The van der Waals surface area contributed by atoms with Gasteiger partial charge >= 0.3 is 6.03 Å². The van der Waals surface area contributed by atoms with Crippen LogP contribution in [0.4, 0.5) is 9.93 Å². The minimum absolute atomic E-state index is 0.150. The molecular formula is C18H22N6OS. The van der Waals surface area contributed by atoms with Gasteiger partial charge in [0.1, 0.15) is 5.51 Å². The van der Waals surface area contributed by atoms with E-state index in [1.165, 1.54) is 11.3 Å². The van der Waals surface area contributed by atoms with Crippen LogP contribution < -0.4 is 5.32 Å². The summed E-state index contributed by atoms with van der Waals surface area (Å²) in [5.74, 6) is 0. The molecule has 2 amide bonds. The molecule has 2 N–H and O–H groups in total. The van der Waals surface area contributed by atoms with Crippen LogP contribution in [0.3, 0.4) is 0 Å². The summed E-state index contributed by atoms with van der Waals surface area (Å²) in [7, 11) is 1.79. The predicted octanol–water partition coefficient (Wildman–Crippen LogP) is 3.80. The first kappa shape index (κ1) is 18.1. The van der Waals surface area contributed by atoms with Crippen molar-refractivity contribution in [1.29, 1.82) is 0 Å². The highest BCUT2D eigenvalue weighted by molar-refractivity contribution is 7.13. The van der Waals surface area contributed by atoms with Crippen molar-refractivity contribution in [3.63, 3.8) is 0 Å². The van der Waals surface area contributed by atoms with Crippen molar-refractivity contribution in [3.05, 3.63) is 47.6 Å². The summed E-state index contributed by atoms with van der Waals surface area (Å²) >= 11 is 1.31. The molecule has 0 aliphatic carbocycles. The molecule has 0 spiro atoms. The molecule has 3 rings (SSSR count). The quantitative estimate of drug-likeness (QED) is 0.590. The minimum Gasteiger partial charge on any atom is -0.328 e. The Balaban J connectivity index is 1.34. The van der Waals surface area contributed by atoms with Crippen molar-refractivity contribution in [2.24, 2.45) is 0 Å². The molecule has 0 atom stereocenters. The summed E-state index contributed by atoms with van der Waals surface area (Å²) in [5, 5.41) is 18.2. The first-order chi connectivity index (χ1) is 12.7. The average Bonchev–Trinajstić information content (AvgIpc) is 3.34. The molecule has 26 heavy (non-hydrogen) atoms. The molecule has 7 nitrogen and oxygen atoms in total. The van der Waals surface area contributed by atoms with Gasteiger partial charge in [-0.25, -0.2) is 4.79 Å². The Kier molecular flexibility index (Phi) is 6.32. The van der Waals surface area contributed by atoms with Gasteiger partial charge in [-0.15, -0.1) is 10.2 Å². The molecule has 0 aliphatic heterocycles. The number of unbranched alkanes of at least 4 members (excludes halogenated alkanes) is 2. The number of nitrogens with one attached hydrogen (secondary N) is 2. The van der Waals surface area contributed by atoms with Gasteiger partial charge in [-0.3, -0.25) is 10.4 Å². The Labute approximate surface area is 156 Å². The Morgan fingerprint density at radius 2 is 2.08 bits per heavy atom. The van der Waals surface area contributed by atoms with E-state index in [1.54, 1.807) is 17.5 Å². The standard InChI is InChI=1S/C18H22N6OS/c1-24(18(25)20-17-23-19-13-26-17)11-7-3-6-10-15-12-16(22-21-15)14-8-4-2-5-9-14/h2,4-5,8-9,12-13H,3,6-7,10-11H2,1H3,(H,21,22)(H,20,23,25). The maximum absolute atomic E-state index is 12.0. The van der Waals surface area contributed by atoms with Gasteiger partial charge in [-0.1, -0.05) is 48.1 Å². The number of carbonyl (C=O) groups is 1. The number of rotatable bonds is 8. The molecule has 2 heterocycles. The average molecular weight is 370 g/mol. The van der Waals surface area contributed by atoms with Gasteiger partial charge in [0, 0.05) is 24.8 Å². The molecule has 0 unspecified atom stereocenters. The predicted molar refractivity (Wildman–Crippen MR) is 103 cm³/mol. The van der Waals surface area contributed by atoms with E-state index in [1.807, 2.05) is 18.2 Å². The third kappa shape index (κ3) is 5.13. The van der Waals surface area contributed by atoms with Crippen molar-refractivity contribution in [3.8, 4) is 11.3 Å². The SMILES string of the molecule is CN(CCCCCc1cc(-c2ccccc2)n[nH]1)C(=O)Nc1nncs1. The van der Waals surface area contributed by atoms with E-state index >= 15 is 0 Å². The highest BCUT2D eigenvalue weighted by Gasteiger charge is 2.10. The molecule has 8 heteroatoms. The van der Waals surface area contributed by atoms with Crippen LogP contribution in [0.5, 0.6) is 0 Å². The van der Waals surface area contributed by atoms with Crippen LogP contribution in [0.2, 0.25) is 0 Å². The number of aromatic amines is 1. The van der Waals surface area contributed by atoms with Gasteiger partial charge < -0.3 is 4.90 Å². The first-order valence-electron chi connectivity index (χ1n) is 8.60. The molecule has 3 aromatic rings. The van der Waals surface area contributed by atoms with E-state index in [9.17, 15) is 4.79 Å². The monoisotopic (exact) mass is 370 g/mol. The smallest absolute Gasteiger partial charge is 0.323 e. The van der Waals surface area contributed by atoms with E-state index < -0.39 is 0 Å². The maximum atomic E-state index is 12.0. The molecule has 136 valence electrons. The van der Waals surface area contributed by atoms with Gasteiger partial charge in [-0.05, 0) is 25.3 Å². The summed E-state index contributed by atoms with van der Waals surface area (Å²) in [6, 6.07) is 12.1. The summed E-state index contributed by atoms with van der Waals surface area (Å²) in [4.78, 5) is 13.6. The van der Waals surface area contributed by atoms with Gasteiger partial charge in [0.05, 0.1) is 5.69 Å². The van der Waals surface area contributed by atoms with Crippen LogP contribution in [-0.4, -0.2) is 44.9 Å². The second-order valence-corrected chi connectivity index (χ2v) is 6.88. The Morgan fingerprint density at radius 3 is 2.85 bits per heavy atom. The number of H-pyrrole nitrogens is 1. The number of urea groups is 1. The fraction of sp³-hybridized carbons (Fsp3) is 0.333. The van der Waals surface area contributed by atoms with Crippen molar-refractivity contribution in [1.82, 2.24) is 25.3 Å². The molecule has 2 aromatic heterocycles. The lowest BCUT2D eigenvalue weighted by Crippen LogP contribution is -2.32. The van der Waals surface area contributed by atoms with Crippen molar-refractivity contribution >= 4 is 22.5 Å². The lowest BCUT2D eigenvalue weighted by Gasteiger charge is -2.16. The van der Waals surface area contributed by atoms with Crippen LogP contribution in [-0.2, 0) is 6.42 Å². The van der Waals surface area contributed by atoms with Gasteiger partial charge in [-0.2, -0.15) is 5.10 Å². The normalized spacial score (nSPS) is 10.7. The van der Waals surface area contributed by atoms with Crippen molar-refractivity contribution < 1.29 is 4.79 Å². The molecule has 0 saturated carbocycles. The third-order valence-corrected chi connectivity index (χ3v) is 4.67. The molecule has 0 aliphatic rings. The van der Waals surface area contributed by atoms with Crippen molar-refractivity contribution in [2.45, 2.75) is 25.7 Å². The lowest BCUT2D eigenvalue weighted by atomic mass is 10.1. The zero-order valence-electron chi connectivity index (χ0n) is 14.7. The number of nitrogens with zero attached hydrogens (tertiary/aromatic N) is 4. The summed E-state index contributed by atoms with van der Waals surface area (Å²) in [6.45, 7) is 0.711. The van der Waals surface area contributed by atoms with Crippen LogP contribution in [0, 0.1) is 0 Å². The number of hydrogen-bond donors (Lipinski definition) is 2. The number of aromatic nitrogens is 4. The molecule has 0 bridgehead atoms. The van der Waals surface area contributed by atoms with Gasteiger partial charge in [0.25, 0.3) is 0 Å². The number of carbonyl (C=O) groups excluding carboxylic acids is 1. The second kappa shape index (κ2) is 9.10. The Morgan fingerprint density at radius 1 is 1.23 bits per heavy atom. The largest absolute Gasteiger partial charge is 0.328 e.